The van der Waals surface area contributed by atoms with Crippen LogP contribution in [0.15, 0.2) is 12.1 Å². The Bertz CT molecular complexity index is 473. The summed E-state index contributed by atoms with van der Waals surface area (Å²) in [4.78, 5) is 27.5. The molecule has 8 nitrogen and oxygen atoms in total. The number of nitrogens with zero attached hydrogens (tertiary/aromatic N) is 3. The van der Waals surface area contributed by atoms with Crippen LogP contribution in [0.4, 0.5) is 17.3 Å². The van der Waals surface area contributed by atoms with Crippen LogP contribution in [0.25, 0.3) is 0 Å². The third kappa shape index (κ3) is 3.80. The van der Waals surface area contributed by atoms with Crippen molar-refractivity contribution in [2.24, 2.45) is 0 Å². The second kappa shape index (κ2) is 6.53. The van der Waals surface area contributed by atoms with Crippen molar-refractivity contribution in [2.45, 2.75) is 13.8 Å². The van der Waals surface area contributed by atoms with Gasteiger partial charge in [-0.05, 0) is 19.9 Å². The van der Waals surface area contributed by atoms with Gasteiger partial charge in [-0.3, -0.25) is 14.9 Å². The van der Waals surface area contributed by atoms with Gasteiger partial charge < -0.3 is 16.0 Å². The highest BCUT2D eigenvalue weighted by Gasteiger charge is 2.17. The maximum absolute atomic E-state index is 11.8. The Morgan fingerprint density at radius 2 is 2.11 bits per heavy atom. The molecular weight excluding hydrogens is 250 g/mol. The monoisotopic (exact) mass is 267 g/mol. The van der Waals surface area contributed by atoms with Gasteiger partial charge in [0.15, 0.2) is 0 Å². The second-order valence-corrected chi connectivity index (χ2v) is 3.78. The lowest BCUT2D eigenvalue weighted by Crippen LogP contribution is -2.35. The molecule has 0 atom stereocenters. The van der Waals surface area contributed by atoms with Gasteiger partial charge in [0.05, 0.1) is 11.5 Å². The van der Waals surface area contributed by atoms with Crippen molar-refractivity contribution in [1.82, 2.24) is 9.88 Å². The van der Waals surface area contributed by atoms with E-state index in [1.54, 1.807) is 4.90 Å². The highest BCUT2D eigenvalue weighted by Crippen LogP contribution is 2.22. The summed E-state index contributed by atoms with van der Waals surface area (Å²) < 4.78 is 0. The van der Waals surface area contributed by atoms with Crippen LogP contribution in [0.3, 0.4) is 0 Å². The highest BCUT2D eigenvalue weighted by molar-refractivity contribution is 5.81. The summed E-state index contributed by atoms with van der Waals surface area (Å²) in [6.07, 6.45) is 0. The molecular formula is C11H17N5O3. The SMILES string of the molecule is CCN(CC)C(=O)CNc1nc(N)ccc1[N+](=O)[O-]. The van der Waals surface area contributed by atoms with Crippen LogP contribution in [0.2, 0.25) is 0 Å². The number of aromatic nitrogens is 1. The van der Waals surface area contributed by atoms with Crippen LogP contribution in [-0.2, 0) is 4.79 Å². The molecule has 1 aromatic heterocycles. The summed E-state index contributed by atoms with van der Waals surface area (Å²) in [6, 6.07) is 2.60. The smallest absolute Gasteiger partial charge is 0.311 e. The van der Waals surface area contributed by atoms with E-state index < -0.39 is 4.92 Å². The zero-order valence-corrected chi connectivity index (χ0v) is 10.9. The molecule has 0 aromatic carbocycles. The number of pyridine rings is 1. The first-order valence-electron chi connectivity index (χ1n) is 5.92. The fraction of sp³-hybridized carbons (Fsp3) is 0.455. The summed E-state index contributed by atoms with van der Waals surface area (Å²) in [7, 11) is 0. The van der Waals surface area contributed by atoms with Gasteiger partial charge in [0, 0.05) is 19.2 Å². The quantitative estimate of drug-likeness (QED) is 0.583. The van der Waals surface area contributed by atoms with Gasteiger partial charge >= 0.3 is 5.69 Å². The van der Waals surface area contributed by atoms with E-state index in [2.05, 4.69) is 10.3 Å². The Balaban J connectivity index is 2.79. The third-order valence-electron chi connectivity index (χ3n) is 2.62. The number of nitro groups is 1. The molecule has 1 aromatic rings. The minimum absolute atomic E-state index is 0.00510. The van der Waals surface area contributed by atoms with Crippen molar-refractivity contribution in [3.8, 4) is 0 Å². The molecule has 0 fully saturated rings. The molecule has 0 bridgehead atoms. The predicted molar refractivity (Wildman–Crippen MR) is 71.7 cm³/mol. The fourth-order valence-electron chi connectivity index (χ4n) is 1.59. The van der Waals surface area contributed by atoms with Gasteiger partial charge in [0.1, 0.15) is 5.82 Å². The van der Waals surface area contributed by atoms with Crippen molar-refractivity contribution in [3.05, 3.63) is 22.2 Å². The minimum atomic E-state index is -0.573. The molecule has 0 unspecified atom stereocenters. The van der Waals surface area contributed by atoms with Crippen LogP contribution in [0.1, 0.15) is 13.8 Å². The average Bonchev–Trinajstić information content (AvgIpc) is 2.37. The van der Waals surface area contributed by atoms with E-state index in [4.69, 9.17) is 5.73 Å². The van der Waals surface area contributed by atoms with Gasteiger partial charge in [-0.15, -0.1) is 0 Å². The number of nitrogen functional groups attached to an aromatic ring is 1. The van der Waals surface area contributed by atoms with Crippen molar-refractivity contribution in [1.29, 1.82) is 0 Å². The lowest BCUT2D eigenvalue weighted by atomic mass is 10.3. The Morgan fingerprint density at radius 3 is 2.63 bits per heavy atom. The van der Waals surface area contributed by atoms with Gasteiger partial charge in [0.25, 0.3) is 0 Å². The highest BCUT2D eigenvalue weighted by atomic mass is 16.6. The van der Waals surface area contributed by atoms with E-state index in [1.165, 1.54) is 12.1 Å². The lowest BCUT2D eigenvalue weighted by Gasteiger charge is -2.18. The normalized spacial score (nSPS) is 10.0. The molecule has 1 heterocycles. The predicted octanol–water partition coefficient (Wildman–Crippen LogP) is 0.852. The number of carbonyl (C=O) groups is 1. The minimum Gasteiger partial charge on any atom is -0.384 e. The molecule has 0 saturated carbocycles. The molecule has 1 amide bonds. The Hall–Kier alpha value is -2.38. The summed E-state index contributed by atoms with van der Waals surface area (Å²) in [5.41, 5.74) is 5.27. The summed E-state index contributed by atoms with van der Waals surface area (Å²) in [5.74, 6) is 0.0115. The van der Waals surface area contributed by atoms with Crippen molar-refractivity contribution in [3.63, 3.8) is 0 Å². The van der Waals surface area contributed by atoms with E-state index in [0.717, 1.165) is 0 Å². The molecule has 0 aliphatic carbocycles. The van der Waals surface area contributed by atoms with Gasteiger partial charge in [-0.25, -0.2) is 4.98 Å². The maximum Gasteiger partial charge on any atom is 0.311 e. The van der Waals surface area contributed by atoms with Crippen molar-refractivity contribution >= 4 is 23.2 Å². The molecule has 104 valence electrons. The van der Waals surface area contributed by atoms with Crippen LogP contribution >= 0.6 is 0 Å². The van der Waals surface area contributed by atoms with E-state index in [-0.39, 0.29) is 29.8 Å². The summed E-state index contributed by atoms with van der Waals surface area (Å²) in [6.45, 7) is 4.84. The van der Waals surface area contributed by atoms with Crippen LogP contribution in [0.5, 0.6) is 0 Å². The first-order chi connectivity index (χ1) is 8.99. The van der Waals surface area contributed by atoms with E-state index >= 15 is 0 Å². The van der Waals surface area contributed by atoms with Gasteiger partial charge in [-0.2, -0.15) is 0 Å². The van der Waals surface area contributed by atoms with Gasteiger partial charge in [-0.1, -0.05) is 0 Å². The molecule has 19 heavy (non-hydrogen) atoms. The Morgan fingerprint density at radius 1 is 1.47 bits per heavy atom. The fourth-order valence-corrected chi connectivity index (χ4v) is 1.59. The number of carbonyl (C=O) groups excluding carboxylic acids is 1. The topological polar surface area (TPSA) is 114 Å². The van der Waals surface area contributed by atoms with Crippen LogP contribution in [0, 0.1) is 10.1 Å². The molecule has 0 radical (unpaired) electrons. The maximum atomic E-state index is 11.8. The standard InChI is InChI=1S/C11H17N5O3/c1-3-15(4-2)10(17)7-13-11-8(16(18)19)5-6-9(12)14-11/h5-6H,3-4,7H2,1-2H3,(H3,12,13,14). The summed E-state index contributed by atoms with van der Waals surface area (Å²) >= 11 is 0. The third-order valence-corrected chi connectivity index (χ3v) is 2.62. The molecule has 8 heteroatoms. The van der Waals surface area contributed by atoms with Gasteiger partial charge in [0.2, 0.25) is 11.7 Å². The number of likely N-dealkylation sites (N-methyl/N-ethyl adjacent to an activating group) is 1. The van der Waals surface area contributed by atoms with E-state index in [9.17, 15) is 14.9 Å². The number of amides is 1. The number of nitrogens with two attached hydrogens (primary N) is 1. The molecule has 0 aliphatic rings. The Kier molecular flexibility index (Phi) is 5.04. The Labute approximate surface area is 110 Å². The lowest BCUT2D eigenvalue weighted by molar-refractivity contribution is -0.384. The number of nitrogens with one attached hydrogen (secondary N) is 1. The van der Waals surface area contributed by atoms with E-state index in [0.29, 0.717) is 13.1 Å². The first kappa shape index (κ1) is 14.7. The molecule has 3 N–H and O–H groups in total. The largest absolute Gasteiger partial charge is 0.384 e. The molecule has 0 aliphatic heterocycles. The molecule has 0 spiro atoms. The zero-order chi connectivity index (χ0) is 14.4. The number of hydrogen-bond donors (Lipinski definition) is 2. The molecule has 1 rings (SSSR count). The first-order valence-corrected chi connectivity index (χ1v) is 5.92. The average molecular weight is 267 g/mol. The molecule has 0 saturated heterocycles. The van der Waals surface area contributed by atoms with Crippen molar-refractivity contribution in [2.75, 3.05) is 30.7 Å². The number of hydrogen-bond acceptors (Lipinski definition) is 6. The van der Waals surface area contributed by atoms with Crippen LogP contribution in [-0.4, -0.2) is 40.3 Å². The number of rotatable bonds is 6. The zero-order valence-electron chi connectivity index (χ0n) is 10.9. The van der Waals surface area contributed by atoms with Crippen LogP contribution < -0.4 is 11.1 Å². The summed E-state index contributed by atoms with van der Waals surface area (Å²) in [5, 5.41) is 13.5. The van der Waals surface area contributed by atoms with E-state index in [1.807, 2.05) is 13.8 Å². The van der Waals surface area contributed by atoms with Crippen molar-refractivity contribution < 1.29 is 9.72 Å². The number of anilines is 2. The second-order valence-electron chi connectivity index (χ2n) is 3.78.